The SMILES string of the molecule is CNC(=O)N(Cc1ccccc1)C1CCN(Cc2nc(-c3ccc(C(F)(F)F)cc3)[nH]c2C(=O)OC)CC1. The standard InChI is InChI=1S/C27H30F3N5O3/c1-31-26(37)35(16-18-6-4-3-5-7-18)21-12-14-34(15-13-21)17-22-23(25(36)38-2)33-24(32-22)19-8-10-20(11-9-19)27(28,29)30/h3-11,21H,12-17H2,1-2H3,(H,31,37)(H,32,33). The van der Waals surface area contributed by atoms with Crippen LogP contribution in [-0.4, -0.2) is 65.1 Å². The van der Waals surface area contributed by atoms with Gasteiger partial charge in [0.05, 0.1) is 18.4 Å². The molecular formula is C27H30F3N5O3. The molecule has 11 heteroatoms. The van der Waals surface area contributed by atoms with Gasteiger partial charge < -0.3 is 19.9 Å². The van der Waals surface area contributed by atoms with Crippen molar-refractivity contribution in [3.8, 4) is 11.4 Å². The maximum Gasteiger partial charge on any atom is 0.416 e. The van der Waals surface area contributed by atoms with E-state index >= 15 is 0 Å². The highest BCUT2D eigenvalue weighted by atomic mass is 19.4. The first kappa shape index (κ1) is 27.2. The second-order valence-corrected chi connectivity index (χ2v) is 9.15. The molecule has 1 fully saturated rings. The van der Waals surface area contributed by atoms with E-state index in [0.29, 0.717) is 37.4 Å². The fraction of sp³-hybridized carbons (Fsp3) is 0.370. The number of H-pyrrole nitrogens is 1. The Morgan fingerprint density at radius 2 is 1.76 bits per heavy atom. The zero-order valence-corrected chi connectivity index (χ0v) is 21.2. The topological polar surface area (TPSA) is 90.6 Å². The lowest BCUT2D eigenvalue weighted by atomic mass is 10.0. The predicted molar refractivity (Wildman–Crippen MR) is 135 cm³/mol. The predicted octanol–water partition coefficient (Wildman–Crippen LogP) is 4.69. The van der Waals surface area contributed by atoms with E-state index in [-0.39, 0.29) is 23.6 Å². The van der Waals surface area contributed by atoms with Crippen LogP contribution in [0.15, 0.2) is 54.6 Å². The minimum absolute atomic E-state index is 0.0494. The van der Waals surface area contributed by atoms with Crippen molar-refractivity contribution in [1.82, 2.24) is 25.1 Å². The van der Waals surface area contributed by atoms with Crippen LogP contribution in [0.3, 0.4) is 0 Å². The van der Waals surface area contributed by atoms with Crippen molar-refractivity contribution in [3.05, 3.63) is 77.1 Å². The van der Waals surface area contributed by atoms with Crippen LogP contribution in [0.2, 0.25) is 0 Å². The number of amides is 2. The van der Waals surface area contributed by atoms with Crippen LogP contribution in [0.25, 0.3) is 11.4 Å². The molecule has 2 aromatic carbocycles. The van der Waals surface area contributed by atoms with E-state index in [1.54, 1.807) is 7.05 Å². The molecular weight excluding hydrogens is 499 g/mol. The first-order chi connectivity index (χ1) is 18.2. The van der Waals surface area contributed by atoms with Crippen molar-refractivity contribution in [2.75, 3.05) is 27.2 Å². The van der Waals surface area contributed by atoms with Gasteiger partial charge in [0.1, 0.15) is 11.5 Å². The summed E-state index contributed by atoms with van der Waals surface area (Å²) in [5.41, 5.74) is 1.34. The summed E-state index contributed by atoms with van der Waals surface area (Å²) < 4.78 is 43.7. The first-order valence-electron chi connectivity index (χ1n) is 12.3. The highest BCUT2D eigenvalue weighted by Gasteiger charge is 2.31. The lowest BCUT2D eigenvalue weighted by Gasteiger charge is -2.38. The van der Waals surface area contributed by atoms with Gasteiger partial charge in [0.15, 0.2) is 0 Å². The van der Waals surface area contributed by atoms with Gasteiger partial charge in [0.2, 0.25) is 0 Å². The molecule has 8 nitrogen and oxygen atoms in total. The number of esters is 1. The number of ether oxygens (including phenoxy) is 1. The molecule has 0 spiro atoms. The number of likely N-dealkylation sites (tertiary alicyclic amines) is 1. The first-order valence-corrected chi connectivity index (χ1v) is 12.3. The third-order valence-corrected chi connectivity index (χ3v) is 6.70. The number of methoxy groups -OCH3 is 1. The largest absolute Gasteiger partial charge is 0.464 e. The number of rotatable bonds is 7. The van der Waals surface area contributed by atoms with Gasteiger partial charge in [-0.1, -0.05) is 42.5 Å². The molecule has 4 rings (SSSR count). The number of hydrogen-bond acceptors (Lipinski definition) is 5. The Kier molecular flexibility index (Phi) is 8.35. The van der Waals surface area contributed by atoms with E-state index in [0.717, 1.165) is 30.5 Å². The van der Waals surface area contributed by atoms with Gasteiger partial charge in [-0.15, -0.1) is 0 Å². The number of nitrogens with one attached hydrogen (secondary N) is 2. The third kappa shape index (κ3) is 6.34. The molecule has 0 atom stereocenters. The van der Waals surface area contributed by atoms with E-state index in [9.17, 15) is 22.8 Å². The summed E-state index contributed by atoms with van der Waals surface area (Å²) in [4.78, 5) is 36.5. The van der Waals surface area contributed by atoms with E-state index < -0.39 is 17.7 Å². The van der Waals surface area contributed by atoms with Crippen molar-refractivity contribution in [3.63, 3.8) is 0 Å². The molecule has 1 aromatic heterocycles. The molecule has 2 N–H and O–H groups in total. The number of urea groups is 1. The lowest BCUT2D eigenvalue weighted by Crippen LogP contribution is -2.49. The summed E-state index contributed by atoms with van der Waals surface area (Å²) >= 11 is 0. The molecule has 2 amide bonds. The molecule has 0 unspecified atom stereocenters. The number of imidazole rings is 1. The number of piperidine rings is 1. The number of halogens is 3. The molecule has 38 heavy (non-hydrogen) atoms. The number of alkyl halides is 3. The van der Waals surface area contributed by atoms with E-state index in [2.05, 4.69) is 20.2 Å². The molecule has 2 heterocycles. The fourth-order valence-corrected chi connectivity index (χ4v) is 4.64. The molecule has 0 radical (unpaired) electrons. The van der Waals surface area contributed by atoms with E-state index in [4.69, 9.17) is 4.74 Å². The second-order valence-electron chi connectivity index (χ2n) is 9.15. The summed E-state index contributed by atoms with van der Waals surface area (Å²) in [6, 6.07) is 14.3. The van der Waals surface area contributed by atoms with Crippen molar-refractivity contribution < 1.29 is 27.5 Å². The minimum Gasteiger partial charge on any atom is -0.464 e. The zero-order valence-electron chi connectivity index (χ0n) is 21.2. The number of aromatic amines is 1. The normalized spacial score (nSPS) is 14.8. The fourth-order valence-electron chi connectivity index (χ4n) is 4.64. The van der Waals surface area contributed by atoms with Crippen LogP contribution in [0.1, 0.15) is 40.2 Å². The number of carbonyl (C=O) groups excluding carboxylic acids is 2. The Hall–Kier alpha value is -3.86. The number of hydrogen-bond donors (Lipinski definition) is 2. The van der Waals surface area contributed by atoms with Gasteiger partial charge >= 0.3 is 18.2 Å². The molecule has 0 aliphatic carbocycles. The summed E-state index contributed by atoms with van der Waals surface area (Å²) in [6.07, 6.45) is -2.96. The van der Waals surface area contributed by atoms with Gasteiger partial charge in [-0.2, -0.15) is 13.2 Å². The maximum absolute atomic E-state index is 12.9. The summed E-state index contributed by atoms with van der Waals surface area (Å²) in [6.45, 7) is 2.21. The van der Waals surface area contributed by atoms with Crippen LogP contribution in [0.4, 0.5) is 18.0 Å². The lowest BCUT2D eigenvalue weighted by molar-refractivity contribution is -0.137. The van der Waals surface area contributed by atoms with Gasteiger partial charge in [-0.3, -0.25) is 4.90 Å². The Bertz CT molecular complexity index is 1240. The van der Waals surface area contributed by atoms with Gasteiger partial charge in [0.25, 0.3) is 0 Å². The van der Waals surface area contributed by atoms with Crippen molar-refractivity contribution >= 4 is 12.0 Å². The number of aromatic nitrogens is 2. The molecule has 1 saturated heterocycles. The van der Waals surface area contributed by atoms with Crippen LogP contribution in [-0.2, 0) is 24.0 Å². The summed E-state index contributed by atoms with van der Waals surface area (Å²) in [5.74, 6) is -0.313. The Morgan fingerprint density at radius 1 is 1.11 bits per heavy atom. The highest BCUT2D eigenvalue weighted by molar-refractivity contribution is 5.89. The number of benzene rings is 2. The van der Waals surface area contributed by atoms with E-state index in [1.807, 2.05) is 35.2 Å². The Labute approximate surface area is 218 Å². The average Bonchev–Trinajstić information content (AvgIpc) is 3.35. The number of carbonyl (C=O) groups is 2. The summed E-state index contributed by atoms with van der Waals surface area (Å²) in [5, 5.41) is 2.74. The minimum atomic E-state index is -4.44. The molecule has 3 aromatic rings. The van der Waals surface area contributed by atoms with Crippen LogP contribution < -0.4 is 5.32 Å². The van der Waals surface area contributed by atoms with Gasteiger partial charge in [0, 0.05) is 44.8 Å². The number of nitrogens with zero attached hydrogens (tertiary/aromatic N) is 3. The highest BCUT2D eigenvalue weighted by Crippen LogP contribution is 2.31. The smallest absolute Gasteiger partial charge is 0.416 e. The Morgan fingerprint density at radius 3 is 2.34 bits per heavy atom. The monoisotopic (exact) mass is 529 g/mol. The molecule has 0 saturated carbocycles. The Balaban J connectivity index is 1.46. The molecule has 1 aliphatic rings. The summed E-state index contributed by atoms with van der Waals surface area (Å²) in [7, 11) is 2.88. The molecule has 1 aliphatic heterocycles. The maximum atomic E-state index is 12.9. The zero-order chi connectivity index (χ0) is 27.3. The van der Waals surface area contributed by atoms with Crippen molar-refractivity contribution in [2.45, 2.75) is 38.1 Å². The van der Waals surface area contributed by atoms with Crippen molar-refractivity contribution in [1.29, 1.82) is 0 Å². The quantitative estimate of drug-likeness (QED) is 0.434. The van der Waals surface area contributed by atoms with E-state index in [1.165, 1.54) is 19.2 Å². The van der Waals surface area contributed by atoms with Gasteiger partial charge in [-0.25, -0.2) is 14.6 Å². The average molecular weight is 530 g/mol. The third-order valence-electron chi connectivity index (χ3n) is 6.70. The van der Waals surface area contributed by atoms with Crippen molar-refractivity contribution in [2.24, 2.45) is 0 Å². The molecule has 0 bridgehead atoms. The van der Waals surface area contributed by atoms with Crippen LogP contribution in [0.5, 0.6) is 0 Å². The molecule has 202 valence electrons. The van der Waals surface area contributed by atoms with Crippen LogP contribution >= 0.6 is 0 Å². The second kappa shape index (κ2) is 11.7. The van der Waals surface area contributed by atoms with Gasteiger partial charge in [-0.05, 0) is 30.5 Å². The van der Waals surface area contributed by atoms with Crippen LogP contribution in [0, 0.1) is 0 Å².